The van der Waals surface area contributed by atoms with Crippen LogP contribution in [0.5, 0.6) is 0 Å². The van der Waals surface area contributed by atoms with E-state index in [1.165, 1.54) is 27.6 Å². The summed E-state index contributed by atoms with van der Waals surface area (Å²) in [4.78, 5) is 0. The minimum absolute atomic E-state index is 0.791. The highest BCUT2D eigenvalue weighted by Crippen LogP contribution is 2.39. The van der Waals surface area contributed by atoms with Crippen molar-refractivity contribution in [1.29, 1.82) is 0 Å². The molecule has 0 bridgehead atoms. The van der Waals surface area contributed by atoms with Crippen LogP contribution in [0.3, 0.4) is 0 Å². The first-order valence-corrected chi connectivity index (χ1v) is 8.04. The summed E-state index contributed by atoms with van der Waals surface area (Å²) in [5.74, 6) is 0. The molecule has 0 N–H and O–H groups in total. The van der Waals surface area contributed by atoms with E-state index >= 15 is 0 Å². The molecule has 0 aliphatic rings. The highest BCUT2D eigenvalue weighted by Gasteiger charge is 2.12. The van der Waals surface area contributed by atoms with E-state index in [1.807, 2.05) is 24.3 Å². The van der Waals surface area contributed by atoms with Gasteiger partial charge in [0, 0.05) is 10.4 Å². The lowest BCUT2D eigenvalue weighted by molar-refractivity contribution is 1.61. The van der Waals surface area contributed by atoms with Crippen LogP contribution in [0.15, 0.2) is 91.0 Å². The third-order valence-electron chi connectivity index (χ3n) is 4.16. The molecule has 4 aromatic rings. The van der Waals surface area contributed by atoms with Gasteiger partial charge in [-0.3, -0.25) is 0 Å². The number of hydrogen-bond donors (Lipinski definition) is 0. The van der Waals surface area contributed by atoms with E-state index in [1.54, 1.807) is 0 Å². The van der Waals surface area contributed by atoms with Crippen LogP contribution in [0.2, 0.25) is 5.02 Å². The fraction of sp³-hybridized carbons (Fsp3) is 0. The molecule has 0 atom stereocenters. The maximum Gasteiger partial charge on any atom is 0.0484 e. The van der Waals surface area contributed by atoms with Gasteiger partial charge in [-0.05, 0) is 33.7 Å². The summed E-state index contributed by atoms with van der Waals surface area (Å²) < 4.78 is 0. The van der Waals surface area contributed by atoms with Crippen molar-refractivity contribution in [3.05, 3.63) is 96.0 Å². The SMILES string of the molecule is Clc1cccc2c(-c3ccccc3)c(-c3ccccc3)ccc12. The number of fused-ring (bicyclic) bond motifs is 1. The van der Waals surface area contributed by atoms with E-state index in [0.717, 1.165) is 10.4 Å². The van der Waals surface area contributed by atoms with Crippen LogP contribution < -0.4 is 0 Å². The first-order valence-electron chi connectivity index (χ1n) is 7.67. The molecular formula is C22H15Cl. The van der Waals surface area contributed by atoms with Crippen LogP contribution >= 0.6 is 11.6 Å². The molecule has 0 aliphatic heterocycles. The van der Waals surface area contributed by atoms with Crippen LogP contribution in [0.4, 0.5) is 0 Å². The Labute approximate surface area is 141 Å². The maximum atomic E-state index is 6.41. The minimum atomic E-state index is 0.791. The normalized spacial score (nSPS) is 10.8. The molecule has 0 amide bonds. The lowest BCUT2D eigenvalue weighted by Gasteiger charge is -2.14. The number of rotatable bonds is 2. The number of halogens is 1. The van der Waals surface area contributed by atoms with E-state index in [4.69, 9.17) is 11.6 Å². The van der Waals surface area contributed by atoms with Crippen molar-refractivity contribution in [3.63, 3.8) is 0 Å². The molecule has 0 aliphatic carbocycles. The van der Waals surface area contributed by atoms with Crippen LogP contribution in [0.1, 0.15) is 0 Å². The fourth-order valence-corrected chi connectivity index (χ4v) is 3.33. The fourth-order valence-electron chi connectivity index (χ4n) is 3.09. The number of benzene rings is 4. The zero-order valence-electron chi connectivity index (χ0n) is 12.5. The Morgan fingerprint density at radius 3 is 1.83 bits per heavy atom. The predicted octanol–water partition coefficient (Wildman–Crippen LogP) is 6.83. The highest BCUT2D eigenvalue weighted by molar-refractivity contribution is 6.36. The summed E-state index contributed by atoms with van der Waals surface area (Å²) in [6.07, 6.45) is 0. The molecule has 0 nitrogen and oxygen atoms in total. The molecule has 4 aromatic carbocycles. The lowest BCUT2D eigenvalue weighted by Crippen LogP contribution is -1.88. The molecule has 0 spiro atoms. The van der Waals surface area contributed by atoms with E-state index in [-0.39, 0.29) is 0 Å². The Kier molecular flexibility index (Phi) is 3.61. The van der Waals surface area contributed by atoms with Gasteiger partial charge < -0.3 is 0 Å². The Bertz CT molecular complexity index is 957. The first kappa shape index (κ1) is 14.0. The van der Waals surface area contributed by atoms with Crippen molar-refractivity contribution >= 4 is 22.4 Å². The summed E-state index contributed by atoms with van der Waals surface area (Å²) in [6, 6.07) is 31.4. The minimum Gasteiger partial charge on any atom is -0.0837 e. The maximum absolute atomic E-state index is 6.41. The predicted molar refractivity (Wildman–Crippen MR) is 99.8 cm³/mol. The van der Waals surface area contributed by atoms with Crippen LogP contribution in [0, 0.1) is 0 Å². The van der Waals surface area contributed by atoms with Crippen LogP contribution in [0.25, 0.3) is 33.0 Å². The van der Waals surface area contributed by atoms with Crippen molar-refractivity contribution in [1.82, 2.24) is 0 Å². The molecule has 0 saturated heterocycles. The second-order valence-electron chi connectivity index (χ2n) is 5.56. The average Bonchev–Trinajstić information content (AvgIpc) is 2.62. The summed E-state index contributed by atoms with van der Waals surface area (Å²) in [5.41, 5.74) is 4.89. The van der Waals surface area contributed by atoms with Gasteiger partial charge in [-0.25, -0.2) is 0 Å². The third kappa shape index (κ3) is 2.52. The molecular weight excluding hydrogens is 300 g/mol. The summed E-state index contributed by atoms with van der Waals surface area (Å²) in [5, 5.41) is 3.07. The lowest BCUT2D eigenvalue weighted by atomic mass is 9.90. The van der Waals surface area contributed by atoms with Gasteiger partial charge in [0.15, 0.2) is 0 Å². The van der Waals surface area contributed by atoms with Gasteiger partial charge in [0.2, 0.25) is 0 Å². The van der Waals surface area contributed by atoms with E-state index in [2.05, 4.69) is 66.7 Å². The van der Waals surface area contributed by atoms with E-state index in [0.29, 0.717) is 0 Å². The largest absolute Gasteiger partial charge is 0.0837 e. The highest BCUT2D eigenvalue weighted by atomic mass is 35.5. The Balaban J connectivity index is 2.12. The molecule has 23 heavy (non-hydrogen) atoms. The van der Waals surface area contributed by atoms with Gasteiger partial charge >= 0.3 is 0 Å². The van der Waals surface area contributed by atoms with Crippen molar-refractivity contribution in [2.45, 2.75) is 0 Å². The van der Waals surface area contributed by atoms with Crippen LogP contribution in [-0.2, 0) is 0 Å². The molecule has 1 heteroatoms. The second kappa shape index (κ2) is 5.91. The van der Waals surface area contributed by atoms with E-state index in [9.17, 15) is 0 Å². The molecule has 0 saturated carbocycles. The Morgan fingerprint density at radius 1 is 0.478 bits per heavy atom. The van der Waals surface area contributed by atoms with Crippen molar-refractivity contribution in [2.75, 3.05) is 0 Å². The van der Waals surface area contributed by atoms with Gasteiger partial charge in [-0.2, -0.15) is 0 Å². The molecule has 0 fully saturated rings. The standard InChI is InChI=1S/C22H15Cl/c23-21-13-7-12-20-19(21)15-14-18(16-8-3-1-4-9-16)22(20)17-10-5-2-6-11-17/h1-15H. The molecule has 4 rings (SSSR count). The monoisotopic (exact) mass is 314 g/mol. The number of hydrogen-bond acceptors (Lipinski definition) is 0. The summed E-state index contributed by atoms with van der Waals surface area (Å²) in [7, 11) is 0. The van der Waals surface area contributed by atoms with Crippen molar-refractivity contribution in [3.8, 4) is 22.3 Å². The summed E-state index contributed by atoms with van der Waals surface area (Å²) in [6.45, 7) is 0. The Hall–Kier alpha value is -2.57. The van der Waals surface area contributed by atoms with Gasteiger partial charge in [-0.15, -0.1) is 0 Å². The first-order chi connectivity index (χ1) is 11.3. The smallest absolute Gasteiger partial charge is 0.0484 e. The molecule has 0 aromatic heterocycles. The quantitative estimate of drug-likeness (QED) is 0.380. The van der Waals surface area contributed by atoms with Gasteiger partial charge in [0.25, 0.3) is 0 Å². The summed E-state index contributed by atoms with van der Waals surface area (Å²) >= 11 is 6.41. The van der Waals surface area contributed by atoms with Gasteiger partial charge in [-0.1, -0.05) is 96.5 Å². The van der Waals surface area contributed by atoms with E-state index < -0.39 is 0 Å². The van der Waals surface area contributed by atoms with Crippen molar-refractivity contribution in [2.24, 2.45) is 0 Å². The molecule has 0 heterocycles. The second-order valence-corrected chi connectivity index (χ2v) is 5.96. The van der Waals surface area contributed by atoms with Crippen LogP contribution in [-0.4, -0.2) is 0 Å². The molecule has 0 radical (unpaired) electrons. The zero-order valence-corrected chi connectivity index (χ0v) is 13.3. The van der Waals surface area contributed by atoms with Gasteiger partial charge in [0.1, 0.15) is 0 Å². The Morgan fingerprint density at radius 2 is 1.13 bits per heavy atom. The zero-order chi connectivity index (χ0) is 15.6. The molecule has 110 valence electrons. The molecule has 0 unspecified atom stereocenters. The van der Waals surface area contributed by atoms with Gasteiger partial charge in [0.05, 0.1) is 0 Å². The van der Waals surface area contributed by atoms with Crippen molar-refractivity contribution < 1.29 is 0 Å². The topological polar surface area (TPSA) is 0 Å². The third-order valence-corrected chi connectivity index (χ3v) is 4.49. The average molecular weight is 315 g/mol.